The molecule has 1 N–H and O–H groups in total. The van der Waals surface area contributed by atoms with Crippen molar-refractivity contribution in [1.29, 1.82) is 5.41 Å². The van der Waals surface area contributed by atoms with Gasteiger partial charge in [-0.1, -0.05) is 36.0 Å². The van der Waals surface area contributed by atoms with Crippen molar-refractivity contribution in [3.8, 4) is 11.5 Å². The number of nitrogens with zero attached hydrogens (tertiary/aromatic N) is 3. The Bertz CT molecular complexity index is 1320. The molecule has 2 aliphatic heterocycles. The number of rotatable bonds is 6. The van der Waals surface area contributed by atoms with Crippen molar-refractivity contribution in [2.75, 3.05) is 12.9 Å². The van der Waals surface area contributed by atoms with Crippen LogP contribution < -0.4 is 8.92 Å². The Morgan fingerprint density at radius 2 is 1.94 bits per heavy atom. The molecule has 2 aromatic rings. The predicted octanol–water partition coefficient (Wildman–Crippen LogP) is 3.79. The number of aliphatic imine (C=N–C) groups is 1. The van der Waals surface area contributed by atoms with Gasteiger partial charge in [-0.05, 0) is 49.1 Å². The number of benzene rings is 2. The molecule has 0 bridgehead atoms. The zero-order valence-electron chi connectivity index (χ0n) is 17.5. The second-order valence-electron chi connectivity index (χ2n) is 6.60. The molecule has 2 heterocycles. The van der Waals surface area contributed by atoms with E-state index in [0.717, 1.165) is 11.9 Å². The third-order valence-corrected chi connectivity index (χ3v) is 7.19. The first-order chi connectivity index (χ1) is 15.8. The van der Waals surface area contributed by atoms with E-state index in [0.29, 0.717) is 15.9 Å². The smallest absolute Gasteiger partial charge is 0.339 e. The van der Waals surface area contributed by atoms with Crippen LogP contribution in [0.5, 0.6) is 11.5 Å². The van der Waals surface area contributed by atoms with Gasteiger partial charge < -0.3 is 8.92 Å². The molecule has 0 saturated heterocycles. The Hall–Kier alpha value is -3.09. The Morgan fingerprint density at radius 1 is 1.18 bits per heavy atom. The van der Waals surface area contributed by atoms with Gasteiger partial charge in [0.2, 0.25) is 5.17 Å². The number of amidine groups is 3. The van der Waals surface area contributed by atoms with Crippen molar-refractivity contribution >= 4 is 62.0 Å². The summed E-state index contributed by atoms with van der Waals surface area (Å²) in [7, 11) is -4.06. The number of amides is 1. The molecular weight excluding hydrogens is 484 g/mol. The Labute approximate surface area is 199 Å². The lowest BCUT2D eigenvalue weighted by Gasteiger charge is -2.23. The van der Waals surface area contributed by atoms with Crippen LogP contribution in [0, 0.1) is 5.41 Å². The second kappa shape index (κ2) is 9.41. The highest BCUT2D eigenvalue weighted by atomic mass is 32.2. The highest BCUT2D eigenvalue weighted by Crippen LogP contribution is 2.34. The van der Waals surface area contributed by atoms with Gasteiger partial charge in [0.25, 0.3) is 5.91 Å². The first-order valence-electron chi connectivity index (χ1n) is 9.63. The van der Waals surface area contributed by atoms with Gasteiger partial charge in [0.1, 0.15) is 10.7 Å². The molecule has 0 aliphatic carbocycles. The minimum Gasteiger partial charge on any atom is -0.490 e. The van der Waals surface area contributed by atoms with Crippen molar-refractivity contribution in [3.05, 3.63) is 59.7 Å². The number of carbonyl (C=O) groups is 1. The van der Waals surface area contributed by atoms with E-state index >= 15 is 0 Å². The molecule has 0 spiro atoms. The van der Waals surface area contributed by atoms with Crippen LogP contribution in [0.2, 0.25) is 0 Å². The van der Waals surface area contributed by atoms with Crippen molar-refractivity contribution in [2.24, 2.45) is 9.39 Å². The number of thioether (sulfide) groups is 1. The summed E-state index contributed by atoms with van der Waals surface area (Å²) in [5, 5.41) is 9.40. The summed E-state index contributed by atoms with van der Waals surface area (Å²) in [6.07, 6.45) is 3.33. The quantitative estimate of drug-likeness (QED) is 0.360. The van der Waals surface area contributed by atoms with Crippen LogP contribution in [0.4, 0.5) is 0 Å². The molecule has 0 atom stereocenters. The average Bonchev–Trinajstić information content (AvgIpc) is 3.22. The molecule has 1 amide bonds. The maximum absolute atomic E-state index is 12.6. The van der Waals surface area contributed by atoms with Gasteiger partial charge in [-0.2, -0.15) is 17.8 Å². The minimum atomic E-state index is -4.06. The first-order valence-corrected chi connectivity index (χ1v) is 13.0. The van der Waals surface area contributed by atoms with Crippen molar-refractivity contribution in [1.82, 2.24) is 4.90 Å². The Morgan fingerprint density at radius 3 is 2.64 bits per heavy atom. The highest BCUT2D eigenvalue weighted by molar-refractivity contribution is 8.18. The van der Waals surface area contributed by atoms with E-state index in [-0.39, 0.29) is 34.4 Å². The van der Waals surface area contributed by atoms with Gasteiger partial charge in [-0.3, -0.25) is 10.2 Å². The monoisotopic (exact) mass is 502 g/mol. The van der Waals surface area contributed by atoms with Crippen LogP contribution in [-0.4, -0.2) is 48.3 Å². The van der Waals surface area contributed by atoms with Crippen LogP contribution in [0.3, 0.4) is 0 Å². The van der Waals surface area contributed by atoms with Crippen LogP contribution in [0.1, 0.15) is 12.5 Å². The maximum atomic E-state index is 12.6. The van der Waals surface area contributed by atoms with Gasteiger partial charge in [0, 0.05) is 0 Å². The fraction of sp³-hybridized carbons (Fsp3) is 0.143. The molecule has 0 fully saturated rings. The molecule has 0 radical (unpaired) electrons. The number of nitrogens with one attached hydrogen (secondary N) is 1. The van der Waals surface area contributed by atoms with E-state index in [1.54, 1.807) is 37.3 Å². The summed E-state index contributed by atoms with van der Waals surface area (Å²) in [5.41, 5.74) is 0.597. The number of ether oxygens (including phenoxy) is 1. The van der Waals surface area contributed by atoms with Gasteiger partial charge in [-0.25, -0.2) is 4.90 Å². The highest BCUT2D eigenvalue weighted by Gasteiger charge is 2.37. The molecule has 4 rings (SSSR count). The van der Waals surface area contributed by atoms with E-state index < -0.39 is 16.0 Å². The van der Waals surface area contributed by atoms with Crippen LogP contribution >= 0.6 is 23.7 Å². The molecule has 12 heteroatoms. The topological polar surface area (TPSA) is 121 Å². The fourth-order valence-electron chi connectivity index (χ4n) is 3.00. The molecular formula is C21H18N4O5S3. The second-order valence-corrected chi connectivity index (χ2v) is 9.65. The van der Waals surface area contributed by atoms with Gasteiger partial charge in [-0.15, -0.1) is 0 Å². The summed E-state index contributed by atoms with van der Waals surface area (Å²) in [6.45, 7) is 2.02. The van der Waals surface area contributed by atoms with Crippen molar-refractivity contribution in [3.63, 3.8) is 0 Å². The van der Waals surface area contributed by atoms with Crippen LogP contribution in [0.15, 0.2) is 68.4 Å². The van der Waals surface area contributed by atoms with E-state index in [9.17, 15) is 13.2 Å². The van der Waals surface area contributed by atoms with Crippen molar-refractivity contribution in [2.45, 2.75) is 11.8 Å². The maximum Gasteiger partial charge on any atom is 0.339 e. The SMILES string of the molecule is CCOc1cc(/C=C2/C(=N)N3C(SC)=NSC3=NC2=O)ccc1OS(=O)(=O)c1ccccc1. The first kappa shape index (κ1) is 23.1. The number of hydrogen-bond donors (Lipinski definition) is 1. The lowest BCUT2D eigenvalue weighted by Crippen LogP contribution is -2.41. The largest absolute Gasteiger partial charge is 0.490 e. The molecule has 170 valence electrons. The lowest BCUT2D eigenvalue weighted by molar-refractivity contribution is -0.114. The molecule has 2 aromatic carbocycles. The number of hydrogen-bond acceptors (Lipinski definition) is 9. The van der Waals surface area contributed by atoms with E-state index in [4.69, 9.17) is 14.3 Å². The Balaban J connectivity index is 1.67. The van der Waals surface area contributed by atoms with Gasteiger partial charge in [0.05, 0.1) is 24.1 Å². The van der Waals surface area contributed by atoms with E-state index in [1.807, 2.05) is 6.26 Å². The van der Waals surface area contributed by atoms with E-state index in [1.165, 1.54) is 40.9 Å². The third-order valence-electron chi connectivity index (χ3n) is 4.49. The molecule has 9 nitrogen and oxygen atoms in total. The Kier molecular flexibility index (Phi) is 6.58. The molecule has 0 aromatic heterocycles. The molecule has 2 aliphatic rings. The summed E-state index contributed by atoms with van der Waals surface area (Å²) in [6, 6.07) is 12.4. The van der Waals surface area contributed by atoms with Gasteiger partial charge >= 0.3 is 10.1 Å². The van der Waals surface area contributed by atoms with Crippen LogP contribution in [0.25, 0.3) is 6.08 Å². The molecule has 33 heavy (non-hydrogen) atoms. The third kappa shape index (κ3) is 4.68. The average molecular weight is 503 g/mol. The molecule has 0 saturated carbocycles. The number of carbonyl (C=O) groups excluding carboxylic acids is 1. The minimum absolute atomic E-state index is 0.0148. The standard InChI is InChI=1S/C21H18N4O5S3/c1-3-29-17-12-13(9-10-16(17)30-33(27,28)14-7-5-4-6-8-14)11-15-18(22)25-20(23-19(15)26)32-24-21(25)31-2/h4-12,22H,3H2,1-2H3/b15-11-,22-18?. The van der Waals surface area contributed by atoms with E-state index in [2.05, 4.69) is 9.39 Å². The van der Waals surface area contributed by atoms with Gasteiger partial charge in [0.15, 0.2) is 16.7 Å². The summed E-state index contributed by atoms with van der Waals surface area (Å²) in [4.78, 5) is 18.1. The summed E-state index contributed by atoms with van der Waals surface area (Å²) < 4.78 is 40.3. The molecule has 0 unspecified atom stereocenters. The summed E-state index contributed by atoms with van der Waals surface area (Å²) >= 11 is 2.40. The zero-order chi connectivity index (χ0) is 23.6. The lowest BCUT2D eigenvalue weighted by atomic mass is 10.1. The van der Waals surface area contributed by atoms with Crippen molar-refractivity contribution < 1.29 is 22.1 Å². The summed E-state index contributed by atoms with van der Waals surface area (Å²) in [5.74, 6) is -0.385. The zero-order valence-corrected chi connectivity index (χ0v) is 20.0. The number of fused-ring (bicyclic) bond motifs is 1. The van der Waals surface area contributed by atoms with Crippen LogP contribution in [-0.2, 0) is 14.9 Å². The fourth-order valence-corrected chi connectivity index (χ4v) is 5.42. The normalized spacial score (nSPS) is 17.0. The predicted molar refractivity (Wildman–Crippen MR) is 130 cm³/mol.